The molecule has 0 aliphatic heterocycles. The summed E-state index contributed by atoms with van der Waals surface area (Å²) in [6, 6.07) is 0. The summed E-state index contributed by atoms with van der Waals surface area (Å²) in [4.78, 5) is 4.02. The third-order valence-corrected chi connectivity index (χ3v) is 1.35. The van der Waals surface area contributed by atoms with Gasteiger partial charge in [-0.1, -0.05) is 0 Å². The molecule has 62 valence electrons. The van der Waals surface area contributed by atoms with Crippen LogP contribution < -0.4 is 0 Å². The molecule has 0 fully saturated rings. The van der Waals surface area contributed by atoms with Gasteiger partial charge >= 0.3 is 0 Å². The molecule has 0 aromatic carbocycles. The minimum absolute atomic E-state index is 0.109. The average molecular weight is 157 g/mol. The van der Waals surface area contributed by atoms with Crippen LogP contribution in [0.2, 0.25) is 0 Å². The fraction of sp³-hybridized carbons (Fsp3) is 0.571. The zero-order valence-electron chi connectivity index (χ0n) is 6.63. The summed E-state index contributed by atoms with van der Waals surface area (Å²) < 4.78 is 9.92. The summed E-state index contributed by atoms with van der Waals surface area (Å²) >= 11 is 0. The number of aryl methyl sites for hydroxylation is 1. The van der Waals surface area contributed by atoms with Gasteiger partial charge in [0.1, 0.15) is 13.2 Å². The summed E-state index contributed by atoms with van der Waals surface area (Å²) in [5.41, 5.74) is 0.722. The molecule has 0 unspecified atom stereocenters. The smallest absolute Gasteiger partial charge is 0.220 e. The maximum atomic E-state index is 8.73. The quantitative estimate of drug-likeness (QED) is 0.698. The number of methoxy groups -OCH3 is 1. The number of aliphatic hydroxyl groups excluding tert-OH is 1. The number of ether oxygens (including phenoxy) is 1. The SMILES string of the molecule is COCc1nc(C)c(CO)o1. The van der Waals surface area contributed by atoms with Gasteiger partial charge in [0.05, 0.1) is 5.69 Å². The highest BCUT2D eigenvalue weighted by Crippen LogP contribution is 2.09. The van der Waals surface area contributed by atoms with Gasteiger partial charge in [0, 0.05) is 7.11 Å². The summed E-state index contributed by atoms with van der Waals surface area (Å²) in [7, 11) is 1.57. The molecule has 0 saturated carbocycles. The van der Waals surface area contributed by atoms with E-state index in [1.54, 1.807) is 14.0 Å². The van der Waals surface area contributed by atoms with Crippen molar-refractivity contribution >= 4 is 0 Å². The number of hydrogen-bond acceptors (Lipinski definition) is 4. The second-order valence-corrected chi connectivity index (χ2v) is 2.21. The summed E-state index contributed by atoms with van der Waals surface area (Å²) in [5, 5.41) is 8.73. The topological polar surface area (TPSA) is 55.5 Å². The molecule has 0 amide bonds. The maximum Gasteiger partial charge on any atom is 0.220 e. The second-order valence-electron chi connectivity index (χ2n) is 2.21. The lowest BCUT2D eigenvalue weighted by atomic mass is 10.4. The van der Waals surface area contributed by atoms with E-state index in [1.165, 1.54) is 0 Å². The summed E-state index contributed by atoms with van der Waals surface area (Å²) in [6.45, 7) is 2.03. The van der Waals surface area contributed by atoms with Gasteiger partial charge in [-0.05, 0) is 6.92 Å². The van der Waals surface area contributed by atoms with Crippen LogP contribution in [0.3, 0.4) is 0 Å². The third-order valence-electron chi connectivity index (χ3n) is 1.35. The Labute approximate surface area is 64.8 Å². The van der Waals surface area contributed by atoms with Crippen molar-refractivity contribution in [1.82, 2.24) is 4.98 Å². The van der Waals surface area contributed by atoms with Crippen LogP contribution in [0.5, 0.6) is 0 Å². The molecule has 0 radical (unpaired) electrons. The van der Waals surface area contributed by atoms with Gasteiger partial charge in [0.25, 0.3) is 0 Å². The van der Waals surface area contributed by atoms with E-state index < -0.39 is 0 Å². The van der Waals surface area contributed by atoms with Crippen LogP contribution in [0.1, 0.15) is 17.3 Å². The van der Waals surface area contributed by atoms with Crippen LogP contribution in [-0.2, 0) is 18.0 Å². The molecular weight excluding hydrogens is 146 g/mol. The lowest BCUT2D eigenvalue weighted by Crippen LogP contribution is -1.85. The maximum absolute atomic E-state index is 8.73. The fourth-order valence-corrected chi connectivity index (χ4v) is 0.820. The Kier molecular flexibility index (Phi) is 2.62. The highest BCUT2D eigenvalue weighted by atomic mass is 16.5. The Hall–Kier alpha value is -0.870. The molecule has 4 heteroatoms. The van der Waals surface area contributed by atoms with Crippen molar-refractivity contribution in [3.8, 4) is 0 Å². The molecule has 1 N–H and O–H groups in total. The van der Waals surface area contributed by atoms with Crippen molar-refractivity contribution in [1.29, 1.82) is 0 Å². The summed E-state index contributed by atoms with van der Waals surface area (Å²) in [6.07, 6.45) is 0. The van der Waals surface area contributed by atoms with Crippen LogP contribution in [-0.4, -0.2) is 17.2 Å². The van der Waals surface area contributed by atoms with E-state index in [9.17, 15) is 0 Å². The van der Waals surface area contributed by atoms with E-state index in [0.29, 0.717) is 18.3 Å². The van der Waals surface area contributed by atoms with E-state index in [0.717, 1.165) is 5.69 Å². The van der Waals surface area contributed by atoms with Crippen molar-refractivity contribution in [2.75, 3.05) is 7.11 Å². The van der Waals surface area contributed by atoms with Crippen LogP contribution in [0.4, 0.5) is 0 Å². The van der Waals surface area contributed by atoms with E-state index >= 15 is 0 Å². The van der Waals surface area contributed by atoms with Crippen molar-refractivity contribution in [3.05, 3.63) is 17.3 Å². The van der Waals surface area contributed by atoms with Crippen molar-refractivity contribution in [2.45, 2.75) is 20.1 Å². The van der Waals surface area contributed by atoms with Crippen LogP contribution in [0, 0.1) is 6.92 Å². The van der Waals surface area contributed by atoms with E-state index in [4.69, 9.17) is 14.3 Å². The first-order valence-electron chi connectivity index (χ1n) is 3.33. The van der Waals surface area contributed by atoms with Crippen LogP contribution in [0.25, 0.3) is 0 Å². The molecule has 1 aromatic heterocycles. The third kappa shape index (κ3) is 1.78. The van der Waals surface area contributed by atoms with Gasteiger partial charge in [0.15, 0.2) is 5.76 Å². The zero-order chi connectivity index (χ0) is 8.27. The average Bonchev–Trinajstić information content (AvgIpc) is 2.32. The Morgan fingerprint density at radius 2 is 2.36 bits per heavy atom. The predicted molar refractivity (Wildman–Crippen MR) is 37.9 cm³/mol. The molecule has 0 saturated heterocycles. The monoisotopic (exact) mass is 157 g/mol. The van der Waals surface area contributed by atoms with Crippen molar-refractivity contribution in [2.24, 2.45) is 0 Å². The van der Waals surface area contributed by atoms with E-state index in [1.807, 2.05) is 0 Å². The molecule has 0 spiro atoms. The number of aromatic nitrogens is 1. The minimum Gasteiger partial charge on any atom is -0.440 e. The highest BCUT2D eigenvalue weighted by molar-refractivity contribution is 5.05. The predicted octanol–water partition coefficient (Wildman–Crippen LogP) is 0.622. The van der Waals surface area contributed by atoms with Crippen molar-refractivity contribution < 1.29 is 14.3 Å². The molecule has 0 aliphatic rings. The van der Waals surface area contributed by atoms with Gasteiger partial charge in [-0.3, -0.25) is 0 Å². The van der Waals surface area contributed by atoms with Crippen LogP contribution in [0.15, 0.2) is 4.42 Å². The number of oxazole rings is 1. The van der Waals surface area contributed by atoms with Crippen molar-refractivity contribution in [3.63, 3.8) is 0 Å². The van der Waals surface area contributed by atoms with Gasteiger partial charge in [0.2, 0.25) is 5.89 Å². The molecule has 11 heavy (non-hydrogen) atoms. The molecule has 1 heterocycles. The summed E-state index contributed by atoms with van der Waals surface area (Å²) in [5.74, 6) is 1.02. The van der Waals surface area contributed by atoms with Gasteiger partial charge < -0.3 is 14.3 Å². The first-order chi connectivity index (χ1) is 5.27. The lowest BCUT2D eigenvalue weighted by Gasteiger charge is -1.89. The Balaban J connectivity index is 2.77. The molecule has 0 bridgehead atoms. The van der Waals surface area contributed by atoms with Gasteiger partial charge in [-0.2, -0.15) is 0 Å². The van der Waals surface area contributed by atoms with E-state index in [-0.39, 0.29) is 6.61 Å². The van der Waals surface area contributed by atoms with Crippen LogP contribution >= 0.6 is 0 Å². The lowest BCUT2D eigenvalue weighted by molar-refractivity contribution is 0.153. The molecule has 4 nitrogen and oxygen atoms in total. The normalized spacial score (nSPS) is 10.5. The highest BCUT2D eigenvalue weighted by Gasteiger charge is 2.06. The molecule has 1 aromatic rings. The van der Waals surface area contributed by atoms with Gasteiger partial charge in [-0.25, -0.2) is 4.98 Å². The number of rotatable bonds is 3. The fourth-order valence-electron chi connectivity index (χ4n) is 0.820. The molecular formula is C7H11NO3. The zero-order valence-corrected chi connectivity index (χ0v) is 6.63. The number of nitrogens with zero attached hydrogens (tertiary/aromatic N) is 1. The largest absolute Gasteiger partial charge is 0.440 e. The second kappa shape index (κ2) is 3.50. The van der Waals surface area contributed by atoms with E-state index in [2.05, 4.69) is 4.98 Å². The standard InChI is InChI=1S/C7H11NO3/c1-5-6(3-9)11-7(8-5)4-10-2/h9H,3-4H2,1-2H3. The number of hydrogen-bond donors (Lipinski definition) is 1. The first-order valence-corrected chi connectivity index (χ1v) is 3.33. The Morgan fingerprint density at radius 1 is 1.64 bits per heavy atom. The molecule has 0 aliphatic carbocycles. The molecule has 1 rings (SSSR count). The first kappa shape index (κ1) is 8.23. The minimum atomic E-state index is -0.109. The van der Waals surface area contributed by atoms with Gasteiger partial charge in [-0.15, -0.1) is 0 Å². The Bertz CT molecular complexity index is 232. The Morgan fingerprint density at radius 3 is 2.82 bits per heavy atom. The number of aliphatic hydroxyl groups is 1. The molecule has 0 atom stereocenters.